The van der Waals surface area contributed by atoms with E-state index < -0.39 is 0 Å². The molecule has 1 aliphatic carbocycles. The molecule has 0 radical (unpaired) electrons. The van der Waals surface area contributed by atoms with Gasteiger partial charge in [-0.3, -0.25) is 0 Å². The average molecular weight is 212 g/mol. The summed E-state index contributed by atoms with van der Waals surface area (Å²) < 4.78 is 1.00. The SMILES string of the molecule is Cc1c(C2CC2)ccnc1Br. The monoisotopic (exact) mass is 211 g/mol. The van der Waals surface area contributed by atoms with Crippen molar-refractivity contribution in [3.8, 4) is 0 Å². The van der Waals surface area contributed by atoms with Gasteiger partial charge in [0.15, 0.2) is 0 Å². The van der Waals surface area contributed by atoms with Crippen LogP contribution in [0.5, 0.6) is 0 Å². The van der Waals surface area contributed by atoms with Crippen LogP contribution in [0.25, 0.3) is 0 Å². The number of hydrogen-bond donors (Lipinski definition) is 0. The van der Waals surface area contributed by atoms with Gasteiger partial charge >= 0.3 is 0 Å². The van der Waals surface area contributed by atoms with E-state index in [1.54, 1.807) is 0 Å². The lowest BCUT2D eigenvalue weighted by Crippen LogP contribution is -1.88. The highest BCUT2D eigenvalue weighted by molar-refractivity contribution is 9.10. The second-order valence-corrected chi connectivity index (χ2v) is 3.84. The lowest BCUT2D eigenvalue weighted by molar-refractivity contribution is 1.06. The minimum Gasteiger partial charge on any atom is -0.249 e. The molecule has 1 aromatic rings. The predicted octanol–water partition coefficient (Wildman–Crippen LogP) is 3.03. The van der Waals surface area contributed by atoms with Gasteiger partial charge in [0, 0.05) is 6.20 Å². The number of hydrogen-bond acceptors (Lipinski definition) is 1. The molecule has 0 bridgehead atoms. The fraction of sp³-hybridized carbons (Fsp3) is 0.444. The van der Waals surface area contributed by atoms with Gasteiger partial charge in [0.1, 0.15) is 4.60 Å². The third-order valence-corrected chi connectivity index (χ3v) is 3.00. The van der Waals surface area contributed by atoms with Crippen molar-refractivity contribution >= 4 is 15.9 Å². The standard InChI is InChI=1S/C9H10BrN/c1-6-8(7-2-3-7)4-5-11-9(6)10/h4-5,7H,2-3H2,1H3. The van der Waals surface area contributed by atoms with Crippen LogP contribution in [-0.2, 0) is 0 Å². The Bertz CT molecular complexity index is 279. The zero-order valence-corrected chi connectivity index (χ0v) is 8.06. The molecule has 0 saturated heterocycles. The van der Waals surface area contributed by atoms with Gasteiger partial charge in [0.05, 0.1) is 0 Å². The molecule has 0 unspecified atom stereocenters. The molecule has 2 rings (SSSR count). The van der Waals surface area contributed by atoms with Crippen molar-refractivity contribution in [1.29, 1.82) is 0 Å². The highest BCUT2D eigenvalue weighted by Gasteiger charge is 2.25. The molecule has 0 amide bonds. The minimum atomic E-state index is 0.828. The number of pyridine rings is 1. The van der Waals surface area contributed by atoms with E-state index in [0.717, 1.165) is 10.5 Å². The zero-order valence-electron chi connectivity index (χ0n) is 6.47. The first kappa shape index (κ1) is 7.29. The molecule has 0 N–H and O–H groups in total. The van der Waals surface area contributed by atoms with Crippen molar-refractivity contribution in [2.75, 3.05) is 0 Å². The number of rotatable bonds is 1. The van der Waals surface area contributed by atoms with Crippen LogP contribution in [0.15, 0.2) is 16.9 Å². The Kier molecular flexibility index (Phi) is 1.72. The van der Waals surface area contributed by atoms with Crippen molar-refractivity contribution < 1.29 is 0 Å². The average Bonchev–Trinajstić information content (AvgIpc) is 2.77. The molecule has 2 heteroatoms. The number of aromatic nitrogens is 1. The van der Waals surface area contributed by atoms with Gasteiger partial charge < -0.3 is 0 Å². The minimum absolute atomic E-state index is 0.828. The van der Waals surface area contributed by atoms with E-state index in [2.05, 4.69) is 33.9 Å². The molecule has 11 heavy (non-hydrogen) atoms. The van der Waals surface area contributed by atoms with Gasteiger partial charge in [-0.05, 0) is 58.8 Å². The summed E-state index contributed by atoms with van der Waals surface area (Å²) in [6.07, 6.45) is 4.60. The van der Waals surface area contributed by atoms with Crippen molar-refractivity contribution in [2.24, 2.45) is 0 Å². The maximum Gasteiger partial charge on any atom is 0.109 e. The molecule has 58 valence electrons. The van der Waals surface area contributed by atoms with E-state index in [9.17, 15) is 0 Å². The largest absolute Gasteiger partial charge is 0.249 e. The van der Waals surface area contributed by atoms with Crippen LogP contribution in [0.2, 0.25) is 0 Å². The Balaban J connectivity index is 2.45. The lowest BCUT2D eigenvalue weighted by Gasteiger charge is -2.03. The molecule has 1 aromatic heterocycles. The predicted molar refractivity (Wildman–Crippen MR) is 48.6 cm³/mol. The summed E-state index contributed by atoms with van der Waals surface area (Å²) >= 11 is 3.43. The molecular weight excluding hydrogens is 202 g/mol. The van der Waals surface area contributed by atoms with Crippen LogP contribution < -0.4 is 0 Å². The third-order valence-electron chi connectivity index (χ3n) is 2.20. The molecule has 0 aliphatic heterocycles. The Morgan fingerprint density at radius 3 is 2.91 bits per heavy atom. The molecule has 0 aromatic carbocycles. The van der Waals surface area contributed by atoms with Gasteiger partial charge in [-0.2, -0.15) is 0 Å². The van der Waals surface area contributed by atoms with Crippen LogP contribution in [0.1, 0.15) is 29.9 Å². The van der Waals surface area contributed by atoms with Crippen LogP contribution in [-0.4, -0.2) is 4.98 Å². The van der Waals surface area contributed by atoms with Gasteiger partial charge in [0.2, 0.25) is 0 Å². The van der Waals surface area contributed by atoms with Crippen molar-refractivity contribution in [3.05, 3.63) is 28.0 Å². The summed E-state index contributed by atoms with van der Waals surface area (Å²) in [6, 6.07) is 2.14. The van der Waals surface area contributed by atoms with Crippen molar-refractivity contribution in [1.82, 2.24) is 4.98 Å². The number of halogens is 1. The number of nitrogens with zero attached hydrogens (tertiary/aromatic N) is 1. The molecule has 1 saturated carbocycles. The van der Waals surface area contributed by atoms with Crippen molar-refractivity contribution in [2.45, 2.75) is 25.7 Å². The maximum absolute atomic E-state index is 4.17. The zero-order chi connectivity index (χ0) is 7.84. The Morgan fingerprint density at radius 1 is 1.55 bits per heavy atom. The molecule has 1 heterocycles. The summed E-state index contributed by atoms with van der Waals surface area (Å²) in [6.45, 7) is 2.13. The topological polar surface area (TPSA) is 12.9 Å². The lowest BCUT2D eigenvalue weighted by atomic mass is 10.1. The van der Waals surface area contributed by atoms with Gasteiger partial charge in [-0.15, -0.1) is 0 Å². The quantitative estimate of drug-likeness (QED) is 0.652. The molecule has 0 spiro atoms. The molecular formula is C9H10BrN. The fourth-order valence-electron chi connectivity index (χ4n) is 1.36. The third kappa shape index (κ3) is 1.32. The normalized spacial score (nSPS) is 16.9. The molecule has 0 atom stereocenters. The van der Waals surface area contributed by atoms with Crippen LogP contribution >= 0.6 is 15.9 Å². The highest BCUT2D eigenvalue weighted by Crippen LogP contribution is 2.42. The second kappa shape index (κ2) is 2.59. The summed E-state index contributed by atoms with van der Waals surface area (Å²) in [5, 5.41) is 0. The van der Waals surface area contributed by atoms with Crippen molar-refractivity contribution in [3.63, 3.8) is 0 Å². The Hall–Kier alpha value is -0.370. The fourth-order valence-corrected chi connectivity index (χ4v) is 1.71. The Morgan fingerprint density at radius 2 is 2.27 bits per heavy atom. The molecule has 1 nitrogen and oxygen atoms in total. The second-order valence-electron chi connectivity index (χ2n) is 3.09. The van der Waals surface area contributed by atoms with E-state index in [1.807, 2.05) is 6.20 Å². The summed E-state index contributed by atoms with van der Waals surface area (Å²) in [5.41, 5.74) is 2.79. The van der Waals surface area contributed by atoms with Gasteiger partial charge in [0.25, 0.3) is 0 Å². The smallest absolute Gasteiger partial charge is 0.109 e. The summed E-state index contributed by atoms with van der Waals surface area (Å²) in [7, 11) is 0. The molecule has 1 fully saturated rings. The van der Waals surface area contributed by atoms with E-state index in [-0.39, 0.29) is 0 Å². The molecule has 1 aliphatic rings. The van der Waals surface area contributed by atoms with Crippen LogP contribution in [0, 0.1) is 6.92 Å². The van der Waals surface area contributed by atoms with Gasteiger partial charge in [-0.25, -0.2) is 4.98 Å². The highest BCUT2D eigenvalue weighted by atomic mass is 79.9. The first-order chi connectivity index (χ1) is 5.29. The van der Waals surface area contributed by atoms with E-state index in [4.69, 9.17) is 0 Å². The maximum atomic E-state index is 4.17. The van der Waals surface area contributed by atoms with E-state index in [1.165, 1.54) is 24.0 Å². The van der Waals surface area contributed by atoms with E-state index in [0.29, 0.717) is 0 Å². The summed E-state index contributed by atoms with van der Waals surface area (Å²) in [4.78, 5) is 4.17. The summed E-state index contributed by atoms with van der Waals surface area (Å²) in [5.74, 6) is 0.828. The van der Waals surface area contributed by atoms with Gasteiger partial charge in [-0.1, -0.05) is 0 Å². The first-order valence-corrected chi connectivity index (χ1v) is 4.69. The van der Waals surface area contributed by atoms with Crippen LogP contribution in [0.3, 0.4) is 0 Å². The van der Waals surface area contributed by atoms with Crippen LogP contribution in [0.4, 0.5) is 0 Å². The van der Waals surface area contributed by atoms with E-state index >= 15 is 0 Å². The first-order valence-electron chi connectivity index (χ1n) is 3.90. The Labute approximate surface area is 75.0 Å².